The molecule has 3 heteroatoms. The highest BCUT2D eigenvalue weighted by Gasteiger charge is 2.20. The van der Waals surface area contributed by atoms with Crippen molar-refractivity contribution in [3.8, 4) is 0 Å². The molecular weight excluding hydrogens is 166 g/mol. The van der Waals surface area contributed by atoms with Crippen LogP contribution in [-0.4, -0.2) is 11.1 Å². The second-order valence-corrected chi connectivity index (χ2v) is 3.06. The lowest BCUT2D eigenvalue weighted by Gasteiger charge is -2.15. The van der Waals surface area contributed by atoms with Gasteiger partial charge in [-0.25, -0.2) is 0 Å². The van der Waals surface area contributed by atoms with Crippen molar-refractivity contribution in [1.29, 1.82) is 0 Å². The Morgan fingerprint density at radius 3 is 2.38 bits per heavy atom. The summed E-state index contributed by atoms with van der Waals surface area (Å²) in [5.74, 6) is -1.42. The van der Waals surface area contributed by atoms with E-state index in [2.05, 4.69) is 0 Å². The van der Waals surface area contributed by atoms with Crippen molar-refractivity contribution in [2.24, 2.45) is 11.7 Å². The summed E-state index contributed by atoms with van der Waals surface area (Å²) in [6.07, 6.45) is 0. The molecule has 0 heterocycles. The van der Waals surface area contributed by atoms with Crippen molar-refractivity contribution in [2.75, 3.05) is 0 Å². The smallest absolute Gasteiger partial charge is 0.308 e. The van der Waals surface area contributed by atoms with Crippen LogP contribution in [0.15, 0.2) is 30.3 Å². The van der Waals surface area contributed by atoms with Gasteiger partial charge in [-0.15, -0.1) is 0 Å². The van der Waals surface area contributed by atoms with E-state index in [0.717, 1.165) is 5.56 Å². The van der Waals surface area contributed by atoms with Crippen LogP contribution in [0.2, 0.25) is 0 Å². The highest BCUT2D eigenvalue weighted by molar-refractivity contribution is 5.70. The number of hydrogen-bond acceptors (Lipinski definition) is 2. The number of rotatable bonds is 3. The molecule has 3 nitrogen and oxygen atoms in total. The number of aliphatic carboxylic acids is 1. The van der Waals surface area contributed by atoms with Gasteiger partial charge in [-0.1, -0.05) is 37.3 Å². The van der Waals surface area contributed by atoms with Crippen molar-refractivity contribution in [2.45, 2.75) is 13.0 Å². The zero-order valence-corrected chi connectivity index (χ0v) is 7.47. The number of carboxylic acid groups (broad SMARTS) is 1. The monoisotopic (exact) mass is 179 g/mol. The number of benzene rings is 1. The predicted octanol–water partition coefficient (Wildman–Crippen LogP) is 1.41. The van der Waals surface area contributed by atoms with Crippen molar-refractivity contribution >= 4 is 5.97 Å². The Balaban J connectivity index is 2.79. The molecule has 0 aliphatic carbocycles. The van der Waals surface area contributed by atoms with E-state index in [4.69, 9.17) is 10.8 Å². The molecule has 3 N–H and O–H groups in total. The molecule has 0 saturated heterocycles. The summed E-state index contributed by atoms with van der Waals surface area (Å²) in [7, 11) is 0. The van der Waals surface area contributed by atoms with E-state index in [1.54, 1.807) is 6.92 Å². The van der Waals surface area contributed by atoms with E-state index in [9.17, 15) is 4.79 Å². The van der Waals surface area contributed by atoms with Crippen LogP contribution < -0.4 is 5.73 Å². The van der Waals surface area contributed by atoms with Crippen LogP contribution in [0.4, 0.5) is 0 Å². The van der Waals surface area contributed by atoms with Gasteiger partial charge in [0, 0.05) is 6.04 Å². The van der Waals surface area contributed by atoms with Crippen LogP contribution in [0.5, 0.6) is 0 Å². The summed E-state index contributed by atoms with van der Waals surface area (Å²) >= 11 is 0. The largest absolute Gasteiger partial charge is 0.481 e. The molecule has 0 amide bonds. The summed E-state index contributed by atoms with van der Waals surface area (Å²) in [5.41, 5.74) is 6.62. The lowest BCUT2D eigenvalue weighted by atomic mass is 9.96. The van der Waals surface area contributed by atoms with Gasteiger partial charge < -0.3 is 10.8 Å². The molecule has 1 unspecified atom stereocenters. The van der Waals surface area contributed by atoms with E-state index >= 15 is 0 Å². The predicted molar refractivity (Wildman–Crippen MR) is 50.2 cm³/mol. The van der Waals surface area contributed by atoms with Crippen LogP contribution in [-0.2, 0) is 4.79 Å². The highest BCUT2D eigenvalue weighted by Crippen LogP contribution is 2.18. The van der Waals surface area contributed by atoms with Crippen LogP contribution in [0.25, 0.3) is 0 Å². The molecule has 1 aromatic carbocycles. The summed E-state index contributed by atoms with van der Waals surface area (Å²) in [5, 5.41) is 8.73. The maximum Gasteiger partial charge on any atom is 0.308 e. The third-order valence-corrected chi connectivity index (χ3v) is 2.11. The Hall–Kier alpha value is -1.35. The Labute approximate surface area is 77.2 Å². The maximum atomic E-state index is 10.6. The zero-order valence-electron chi connectivity index (χ0n) is 7.47. The van der Waals surface area contributed by atoms with Gasteiger partial charge in [0.1, 0.15) is 0 Å². The minimum Gasteiger partial charge on any atom is -0.481 e. The standard InChI is InChI=1S/C10H13NO2/c1-7(10(12)13)9(11)8-5-3-2-4-6-8/h2-7,9H,11H2,1H3,(H,12,13)/t7-,9?/m1/s1. The topological polar surface area (TPSA) is 63.3 Å². The molecule has 0 spiro atoms. The molecule has 1 rings (SSSR count). The molecule has 0 radical (unpaired) electrons. The Kier molecular flexibility index (Phi) is 3.03. The van der Waals surface area contributed by atoms with Gasteiger partial charge in [0.15, 0.2) is 0 Å². The number of carboxylic acids is 1. The van der Waals surface area contributed by atoms with Gasteiger partial charge in [-0.2, -0.15) is 0 Å². The van der Waals surface area contributed by atoms with E-state index in [1.807, 2.05) is 30.3 Å². The fourth-order valence-corrected chi connectivity index (χ4v) is 1.12. The van der Waals surface area contributed by atoms with Crippen LogP contribution in [0.3, 0.4) is 0 Å². The van der Waals surface area contributed by atoms with E-state index in [0.29, 0.717) is 0 Å². The van der Waals surface area contributed by atoms with Gasteiger partial charge in [-0.05, 0) is 5.56 Å². The summed E-state index contributed by atoms with van der Waals surface area (Å²) in [6, 6.07) is 8.82. The SMILES string of the molecule is C[C@@H](C(=O)O)C(N)c1ccccc1. The highest BCUT2D eigenvalue weighted by atomic mass is 16.4. The quantitative estimate of drug-likeness (QED) is 0.737. The van der Waals surface area contributed by atoms with E-state index in [1.165, 1.54) is 0 Å². The minimum atomic E-state index is -0.864. The third kappa shape index (κ3) is 2.29. The molecule has 0 bridgehead atoms. The second kappa shape index (κ2) is 4.05. The molecule has 13 heavy (non-hydrogen) atoms. The van der Waals surface area contributed by atoms with Gasteiger partial charge in [-0.3, -0.25) is 4.79 Å². The van der Waals surface area contributed by atoms with Crippen LogP contribution >= 0.6 is 0 Å². The molecule has 70 valence electrons. The fraction of sp³-hybridized carbons (Fsp3) is 0.300. The Morgan fingerprint density at radius 1 is 1.38 bits per heavy atom. The van der Waals surface area contributed by atoms with Crippen molar-refractivity contribution in [3.05, 3.63) is 35.9 Å². The normalized spacial score (nSPS) is 14.9. The van der Waals surface area contributed by atoms with Crippen LogP contribution in [0.1, 0.15) is 18.5 Å². The first-order chi connectivity index (χ1) is 6.13. The van der Waals surface area contributed by atoms with Gasteiger partial charge >= 0.3 is 5.97 Å². The Bertz CT molecular complexity index is 284. The van der Waals surface area contributed by atoms with Crippen molar-refractivity contribution in [1.82, 2.24) is 0 Å². The fourth-order valence-electron chi connectivity index (χ4n) is 1.12. The second-order valence-electron chi connectivity index (χ2n) is 3.06. The number of hydrogen-bond donors (Lipinski definition) is 2. The van der Waals surface area contributed by atoms with Gasteiger partial charge in [0.25, 0.3) is 0 Å². The maximum absolute atomic E-state index is 10.6. The zero-order chi connectivity index (χ0) is 9.84. The molecule has 0 fully saturated rings. The lowest BCUT2D eigenvalue weighted by Crippen LogP contribution is -2.25. The minimum absolute atomic E-state index is 0.432. The summed E-state index contributed by atoms with van der Waals surface area (Å²) < 4.78 is 0. The summed E-state index contributed by atoms with van der Waals surface area (Å²) in [6.45, 7) is 1.61. The van der Waals surface area contributed by atoms with Gasteiger partial charge in [0.05, 0.1) is 5.92 Å². The van der Waals surface area contributed by atoms with Crippen molar-refractivity contribution < 1.29 is 9.90 Å². The molecule has 0 aliphatic rings. The number of carbonyl (C=O) groups is 1. The first kappa shape index (κ1) is 9.74. The lowest BCUT2D eigenvalue weighted by molar-refractivity contribution is -0.141. The molecule has 1 aromatic rings. The van der Waals surface area contributed by atoms with E-state index < -0.39 is 17.9 Å². The molecule has 0 saturated carbocycles. The average Bonchev–Trinajstić information content (AvgIpc) is 2.17. The van der Waals surface area contributed by atoms with Gasteiger partial charge in [0.2, 0.25) is 0 Å². The first-order valence-corrected chi connectivity index (χ1v) is 4.16. The molecule has 0 aliphatic heterocycles. The third-order valence-electron chi connectivity index (χ3n) is 2.11. The molecule has 2 atom stereocenters. The van der Waals surface area contributed by atoms with Crippen molar-refractivity contribution in [3.63, 3.8) is 0 Å². The number of nitrogens with two attached hydrogens (primary N) is 1. The molecular formula is C10H13NO2. The molecule has 0 aromatic heterocycles. The Morgan fingerprint density at radius 2 is 1.92 bits per heavy atom. The average molecular weight is 179 g/mol. The summed E-state index contributed by atoms with van der Waals surface area (Å²) in [4.78, 5) is 10.6. The van der Waals surface area contributed by atoms with E-state index in [-0.39, 0.29) is 0 Å². The van der Waals surface area contributed by atoms with Crippen LogP contribution in [0, 0.1) is 5.92 Å². The first-order valence-electron chi connectivity index (χ1n) is 4.16.